The van der Waals surface area contributed by atoms with Gasteiger partial charge in [0.05, 0.1) is 4.90 Å². The van der Waals surface area contributed by atoms with Crippen molar-refractivity contribution in [2.75, 3.05) is 32.4 Å². The minimum Gasteiger partial charge on any atom is -0.314 e. The zero-order valence-corrected chi connectivity index (χ0v) is 15.9. The van der Waals surface area contributed by atoms with Crippen LogP contribution in [-0.2, 0) is 9.84 Å². The molecule has 1 aliphatic carbocycles. The smallest absolute Gasteiger partial charge is 0.175 e. The first-order valence-electron chi connectivity index (χ1n) is 7.80. The van der Waals surface area contributed by atoms with Crippen LogP contribution in [-0.4, -0.2) is 45.8 Å². The summed E-state index contributed by atoms with van der Waals surface area (Å²) in [7, 11) is -3.11. The summed E-state index contributed by atoms with van der Waals surface area (Å²) in [6.45, 7) is 4.25. The predicted molar refractivity (Wildman–Crippen MR) is 98.6 cm³/mol. The lowest BCUT2D eigenvalue weighted by atomic mass is 9.76. The number of nitrogens with one attached hydrogen (secondary N) is 1. The Morgan fingerprint density at radius 3 is 2.09 bits per heavy atom. The second-order valence-electron chi connectivity index (χ2n) is 6.26. The molecule has 0 radical (unpaired) electrons. The Hall–Kier alpha value is -0.330. The standard InChI is InChI=1S/C16H24N2O2S.2ClH/c1-21(19,20)15-7-5-14(6-8-15)16(13-3-2-4-13)18-11-9-17-10-12-18;;/h5-8,13,16-17H,2-4,9-12H2,1H3;2*1H/t16-;;/m1../s1. The molecule has 7 heteroatoms. The van der Waals surface area contributed by atoms with Crippen LogP contribution in [0.5, 0.6) is 0 Å². The Morgan fingerprint density at radius 2 is 1.65 bits per heavy atom. The maximum absolute atomic E-state index is 11.6. The highest BCUT2D eigenvalue weighted by molar-refractivity contribution is 7.90. The average molecular weight is 381 g/mol. The third-order valence-electron chi connectivity index (χ3n) is 4.79. The zero-order valence-electron chi connectivity index (χ0n) is 13.4. The van der Waals surface area contributed by atoms with Crippen LogP contribution in [0.25, 0.3) is 0 Å². The van der Waals surface area contributed by atoms with Crippen LogP contribution in [0.4, 0.5) is 0 Å². The van der Waals surface area contributed by atoms with E-state index in [0.29, 0.717) is 10.9 Å². The lowest BCUT2D eigenvalue weighted by Crippen LogP contribution is -2.47. The van der Waals surface area contributed by atoms with Crippen LogP contribution >= 0.6 is 24.8 Å². The molecule has 2 fully saturated rings. The molecule has 1 aromatic rings. The fourth-order valence-electron chi connectivity index (χ4n) is 3.41. The molecule has 0 aromatic heterocycles. The van der Waals surface area contributed by atoms with Gasteiger partial charge in [-0.25, -0.2) is 8.42 Å². The number of piperazine rings is 1. The van der Waals surface area contributed by atoms with E-state index in [9.17, 15) is 8.42 Å². The second-order valence-corrected chi connectivity index (χ2v) is 8.28. The largest absolute Gasteiger partial charge is 0.314 e. The normalized spacial score (nSPS) is 20.7. The highest BCUT2D eigenvalue weighted by Gasteiger charge is 2.33. The van der Waals surface area contributed by atoms with Gasteiger partial charge < -0.3 is 5.32 Å². The Balaban J connectivity index is 0.00000132. The number of halogens is 2. The fourth-order valence-corrected chi connectivity index (χ4v) is 4.04. The first kappa shape index (κ1) is 20.7. The minimum absolute atomic E-state index is 0. The van der Waals surface area contributed by atoms with Crippen molar-refractivity contribution >= 4 is 34.7 Å². The molecule has 23 heavy (non-hydrogen) atoms. The molecule has 1 aliphatic heterocycles. The highest BCUT2D eigenvalue weighted by atomic mass is 35.5. The molecule has 1 heterocycles. The van der Waals surface area contributed by atoms with Gasteiger partial charge in [0.1, 0.15) is 0 Å². The molecule has 3 rings (SSSR count). The summed E-state index contributed by atoms with van der Waals surface area (Å²) in [6.07, 6.45) is 5.18. The molecule has 0 bridgehead atoms. The van der Waals surface area contributed by atoms with Crippen molar-refractivity contribution in [3.05, 3.63) is 29.8 Å². The van der Waals surface area contributed by atoms with E-state index in [1.807, 2.05) is 12.1 Å². The van der Waals surface area contributed by atoms with Crippen molar-refractivity contribution in [3.63, 3.8) is 0 Å². The van der Waals surface area contributed by atoms with Crippen LogP contribution in [0.15, 0.2) is 29.2 Å². The summed E-state index contributed by atoms with van der Waals surface area (Å²) in [5.74, 6) is 0.729. The van der Waals surface area contributed by atoms with Crippen LogP contribution in [0, 0.1) is 5.92 Å². The molecule has 1 atom stereocenters. The number of sulfone groups is 1. The van der Waals surface area contributed by atoms with Gasteiger partial charge in [0, 0.05) is 38.5 Å². The molecule has 2 aliphatic rings. The van der Waals surface area contributed by atoms with E-state index in [-0.39, 0.29) is 24.8 Å². The highest BCUT2D eigenvalue weighted by Crippen LogP contribution is 2.41. The summed E-state index contributed by atoms with van der Waals surface area (Å²) in [6, 6.07) is 8.01. The van der Waals surface area contributed by atoms with Gasteiger partial charge in [-0.2, -0.15) is 0 Å². The van der Waals surface area contributed by atoms with Crippen LogP contribution in [0.3, 0.4) is 0 Å². The van der Waals surface area contributed by atoms with E-state index >= 15 is 0 Å². The van der Waals surface area contributed by atoms with E-state index in [1.54, 1.807) is 12.1 Å². The number of hydrogen-bond donors (Lipinski definition) is 1. The molecular formula is C16H26Cl2N2O2S. The van der Waals surface area contributed by atoms with Gasteiger partial charge in [0.15, 0.2) is 9.84 Å². The molecule has 4 nitrogen and oxygen atoms in total. The second kappa shape index (κ2) is 8.67. The summed E-state index contributed by atoms with van der Waals surface area (Å²) in [5.41, 5.74) is 1.27. The quantitative estimate of drug-likeness (QED) is 0.871. The first-order valence-corrected chi connectivity index (χ1v) is 9.69. The zero-order chi connectivity index (χ0) is 14.9. The predicted octanol–water partition coefficient (Wildman–Crippen LogP) is 2.68. The number of nitrogens with zero attached hydrogens (tertiary/aromatic N) is 1. The number of hydrogen-bond acceptors (Lipinski definition) is 4. The molecule has 0 amide bonds. The third kappa shape index (κ3) is 4.83. The van der Waals surface area contributed by atoms with Crippen molar-refractivity contribution in [1.82, 2.24) is 10.2 Å². The lowest BCUT2D eigenvalue weighted by molar-refractivity contribution is 0.0837. The third-order valence-corrected chi connectivity index (χ3v) is 5.92. The Kier molecular flexibility index (Phi) is 7.81. The Bertz CT molecular complexity index is 583. The van der Waals surface area contributed by atoms with Crippen molar-refractivity contribution < 1.29 is 8.42 Å². The molecule has 1 aromatic carbocycles. The van der Waals surface area contributed by atoms with Gasteiger partial charge in [-0.3, -0.25) is 4.90 Å². The van der Waals surface area contributed by atoms with Gasteiger partial charge >= 0.3 is 0 Å². The Labute approximate surface area is 151 Å². The van der Waals surface area contributed by atoms with Crippen molar-refractivity contribution in [1.29, 1.82) is 0 Å². The topological polar surface area (TPSA) is 49.4 Å². The van der Waals surface area contributed by atoms with Crippen LogP contribution in [0.1, 0.15) is 30.9 Å². The summed E-state index contributed by atoms with van der Waals surface area (Å²) >= 11 is 0. The van der Waals surface area contributed by atoms with E-state index < -0.39 is 9.84 Å². The summed E-state index contributed by atoms with van der Waals surface area (Å²) in [5, 5.41) is 3.40. The molecular weight excluding hydrogens is 355 g/mol. The summed E-state index contributed by atoms with van der Waals surface area (Å²) < 4.78 is 23.2. The first-order chi connectivity index (χ1) is 10.1. The van der Waals surface area contributed by atoms with Gasteiger partial charge in [-0.1, -0.05) is 18.6 Å². The Morgan fingerprint density at radius 1 is 1.09 bits per heavy atom. The van der Waals surface area contributed by atoms with E-state index in [4.69, 9.17) is 0 Å². The van der Waals surface area contributed by atoms with Crippen LogP contribution in [0.2, 0.25) is 0 Å². The fraction of sp³-hybridized carbons (Fsp3) is 0.625. The monoisotopic (exact) mass is 380 g/mol. The molecule has 1 saturated heterocycles. The van der Waals surface area contributed by atoms with Crippen molar-refractivity contribution in [2.45, 2.75) is 30.2 Å². The van der Waals surface area contributed by atoms with Gasteiger partial charge in [0.2, 0.25) is 0 Å². The molecule has 1 saturated carbocycles. The molecule has 0 unspecified atom stereocenters. The molecule has 0 spiro atoms. The van der Waals surface area contributed by atoms with Crippen LogP contribution < -0.4 is 5.32 Å². The molecule has 132 valence electrons. The summed E-state index contributed by atoms with van der Waals surface area (Å²) in [4.78, 5) is 2.98. The minimum atomic E-state index is -3.11. The van der Waals surface area contributed by atoms with E-state index in [0.717, 1.165) is 32.1 Å². The van der Waals surface area contributed by atoms with Gasteiger partial charge in [-0.15, -0.1) is 24.8 Å². The van der Waals surface area contributed by atoms with Gasteiger partial charge in [-0.05, 0) is 36.5 Å². The SMILES string of the molecule is CS(=O)(=O)c1ccc([C@@H](C2CCC2)N2CCNCC2)cc1.Cl.Cl. The van der Waals surface area contributed by atoms with Crippen molar-refractivity contribution in [3.8, 4) is 0 Å². The maximum atomic E-state index is 11.6. The number of benzene rings is 1. The maximum Gasteiger partial charge on any atom is 0.175 e. The average Bonchev–Trinajstić information content (AvgIpc) is 2.43. The van der Waals surface area contributed by atoms with E-state index in [2.05, 4.69) is 10.2 Å². The van der Waals surface area contributed by atoms with Crippen molar-refractivity contribution in [2.24, 2.45) is 5.92 Å². The number of rotatable bonds is 4. The van der Waals surface area contributed by atoms with E-state index in [1.165, 1.54) is 31.1 Å². The van der Waals surface area contributed by atoms with Gasteiger partial charge in [0.25, 0.3) is 0 Å². The lowest BCUT2D eigenvalue weighted by Gasteiger charge is -2.43. The molecule has 1 N–H and O–H groups in total.